The number of hydrogen-bond donors (Lipinski definition) is 1. The second-order valence-electron chi connectivity index (χ2n) is 7.22. The minimum absolute atomic E-state index is 0.0457. The maximum atomic E-state index is 13.1. The Bertz CT molecular complexity index is 905. The number of hydrogen-bond acceptors (Lipinski definition) is 4. The zero-order chi connectivity index (χ0) is 20.7. The Morgan fingerprint density at radius 3 is 2.29 bits per heavy atom. The second-order valence-corrected chi connectivity index (χ2v) is 7.22. The number of nitrogens with zero attached hydrogens (tertiary/aromatic N) is 4. The van der Waals surface area contributed by atoms with Gasteiger partial charge in [-0.3, -0.25) is 14.2 Å². The molecule has 0 atom stereocenters. The number of aromatic nitrogens is 4. The number of fused-ring (bicyclic) bond motifs is 1. The molecule has 1 amide bonds. The summed E-state index contributed by atoms with van der Waals surface area (Å²) in [5, 5.41) is 2.90. The maximum absolute atomic E-state index is 13.1. The van der Waals surface area contributed by atoms with Crippen molar-refractivity contribution in [1.82, 2.24) is 24.0 Å². The van der Waals surface area contributed by atoms with Crippen LogP contribution >= 0.6 is 0 Å². The third kappa shape index (κ3) is 4.72. The highest BCUT2D eigenvalue weighted by Crippen LogP contribution is 2.09. The lowest BCUT2D eigenvalue weighted by molar-refractivity contribution is -0.122. The van der Waals surface area contributed by atoms with Gasteiger partial charge in [-0.15, -0.1) is 0 Å². The molecule has 0 bridgehead atoms. The summed E-state index contributed by atoms with van der Waals surface area (Å²) in [5.41, 5.74) is -0.0943. The van der Waals surface area contributed by atoms with E-state index in [2.05, 4.69) is 17.2 Å². The largest absolute Gasteiger partial charge is 0.352 e. The van der Waals surface area contributed by atoms with Crippen molar-refractivity contribution in [3.8, 4) is 0 Å². The van der Waals surface area contributed by atoms with Crippen LogP contribution in [0.15, 0.2) is 15.9 Å². The van der Waals surface area contributed by atoms with Gasteiger partial charge in [0.2, 0.25) is 5.91 Å². The van der Waals surface area contributed by atoms with Gasteiger partial charge in [-0.05, 0) is 25.7 Å². The molecule has 2 heterocycles. The molecule has 2 aromatic rings. The van der Waals surface area contributed by atoms with Gasteiger partial charge in [0.15, 0.2) is 11.2 Å². The van der Waals surface area contributed by atoms with Gasteiger partial charge in [0.25, 0.3) is 5.56 Å². The van der Waals surface area contributed by atoms with Crippen LogP contribution in [0, 0.1) is 0 Å². The predicted molar refractivity (Wildman–Crippen MR) is 111 cm³/mol. The van der Waals surface area contributed by atoms with Crippen LogP contribution in [0.25, 0.3) is 11.2 Å². The van der Waals surface area contributed by atoms with Gasteiger partial charge in [-0.1, -0.05) is 40.5 Å². The highest BCUT2D eigenvalue weighted by atomic mass is 16.2. The molecule has 0 radical (unpaired) electrons. The van der Waals surface area contributed by atoms with E-state index in [1.54, 1.807) is 10.9 Å². The minimum Gasteiger partial charge on any atom is -0.352 e. The molecule has 28 heavy (non-hydrogen) atoms. The molecule has 0 saturated heterocycles. The van der Waals surface area contributed by atoms with Crippen molar-refractivity contribution in [2.45, 2.75) is 91.9 Å². The van der Waals surface area contributed by atoms with Crippen molar-refractivity contribution in [2.75, 3.05) is 0 Å². The van der Waals surface area contributed by atoms with Crippen LogP contribution in [0.2, 0.25) is 0 Å². The van der Waals surface area contributed by atoms with Crippen LogP contribution in [0.4, 0.5) is 0 Å². The van der Waals surface area contributed by atoms with Crippen molar-refractivity contribution < 1.29 is 4.79 Å². The highest BCUT2D eigenvalue weighted by Gasteiger charge is 2.20. The average Bonchev–Trinajstić information content (AvgIpc) is 3.11. The summed E-state index contributed by atoms with van der Waals surface area (Å²) in [6.45, 7) is 8.99. The Balaban J connectivity index is 2.52. The van der Waals surface area contributed by atoms with Crippen molar-refractivity contribution in [1.29, 1.82) is 0 Å². The topological polar surface area (TPSA) is 90.9 Å². The summed E-state index contributed by atoms with van der Waals surface area (Å²) in [4.78, 5) is 42.9. The van der Waals surface area contributed by atoms with Crippen molar-refractivity contribution in [3.63, 3.8) is 0 Å². The first-order valence-corrected chi connectivity index (χ1v) is 10.5. The van der Waals surface area contributed by atoms with E-state index < -0.39 is 11.2 Å². The fraction of sp³-hybridized carbons (Fsp3) is 0.700. The third-order valence-electron chi connectivity index (χ3n) is 5.12. The van der Waals surface area contributed by atoms with E-state index in [4.69, 9.17) is 0 Å². The summed E-state index contributed by atoms with van der Waals surface area (Å²) < 4.78 is 4.39. The first-order valence-electron chi connectivity index (χ1n) is 10.5. The Kier molecular flexibility index (Phi) is 8.02. The van der Waals surface area contributed by atoms with Crippen LogP contribution in [-0.2, 0) is 24.4 Å². The molecule has 2 rings (SSSR count). The number of rotatable bonds is 11. The molecule has 0 saturated carbocycles. The van der Waals surface area contributed by atoms with E-state index in [9.17, 15) is 14.4 Å². The lowest BCUT2D eigenvalue weighted by atomic mass is 10.2. The fourth-order valence-corrected chi connectivity index (χ4v) is 3.30. The van der Waals surface area contributed by atoms with E-state index in [-0.39, 0.29) is 18.5 Å². The summed E-state index contributed by atoms with van der Waals surface area (Å²) in [6, 6.07) is 0.0457. The minimum atomic E-state index is -0.466. The SMILES string of the molecule is CCCCn1cnc2c1c(=O)n(CC(=O)NC(CC)CC)c(=O)n2CCCC. The monoisotopic (exact) mass is 391 g/mol. The van der Waals surface area contributed by atoms with Crippen molar-refractivity contribution in [3.05, 3.63) is 27.2 Å². The maximum Gasteiger partial charge on any atom is 0.333 e. The molecule has 0 spiro atoms. The number of unbranched alkanes of at least 4 members (excludes halogenated alkanes) is 2. The molecule has 1 N–H and O–H groups in total. The van der Waals surface area contributed by atoms with E-state index in [1.165, 1.54) is 4.57 Å². The van der Waals surface area contributed by atoms with Gasteiger partial charge < -0.3 is 9.88 Å². The Morgan fingerprint density at radius 2 is 1.68 bits per heavy atom. The number of carbonyl (C=O) groups is 1. The standard InChI is InChI=1S/C20H33N5O3/c1-5-9-11-23-14-21-18-17(23)19(27)25(20(28)24(18)12-10-6-2)13-16(26)22-15(7-3)8-4/h14-15H,5-13H2,1-4H3,(H,22,26). The third-order valence-corrected chi connectivity index (χ3v) is 5.12. The molecular formula is C20H33N5O3. The predicted octanol–water partition coefficient (Wildman–Crippen LogP) is 2.26. The number of carbonyl (C=O) groups excluding carboxylic acids is 1. The normalized spacial score (nSPS) is 11.5. The zero-order valence-corrected chi connectivity index (χ0v) is 17.5. The van der Waals surface area contributed by atoms with Crippen LogP contribution in [0.1, 0.15) is 66.2 Å². The Morgan fingerprint density at radius 1 is 1.04 bits per heavy atom. The zero-order valence-electron chi connectivity index (χ0n) is 17.5. The van der Waals surface area contributed by atoms with Crippen molar-refractivity contribution in [2.24, 2.45) is 0 Å². The molecule has 0 aliphatic rings. The summed E-state index contributed by atoms with van der Waals surface area (Å²) in [7, 11) is 0. The molecule has 0 unspecified atom stereocenters. The highest BCUT2D eigenvalue weighted by molar-refractivity contribution is 5.77. The quantitative estimate of drug-likeness (QED) is 0.636. The molecule has 8 nitrogen and oxygen atoms in total. The first-order chi connectivity index (χ1) is 13.5. The Labute approximate surface area is 165 Å². The smallest absolute Gasteiger partial charge is 0.333 e. The van der Waals surface area contributed by atoms with E-state index in [0.717, 1.165) is 43.1 Å². The van der Waals surface area contributed by atoms with Crippen LogP contribution < -0.4 is 16.6 Å². The van der Waals surface area contributed by atoms with Gasteiger partial charge in [0, 0.05) is 19.1 Å². The van der Waals surface area contributed by atoms with Gasteiger partial charge >= 0.3 is 5.69 Å². The van der Waals surface area contributed by atoms with Crippen molar-refractivity contribution >= 4 is 17.1 Å². The average molecular weight is 392 g/mol. The molecule has 8 heteroatoms. The lowest BCUT2D eigenvalue weighted by Gasteiger charge is -2.16. The number of aryl methyl sites for hydroxylation is 2. The van der Waals surface area contributed by atoms with Gasteiger partial charge in [-0.2, -0.15) is 0 Å². The Hall–Kier alpha value is -2.38. The molecule has 2 aromatic heterocycles. The second kappa shape index (κ2) is 10.2. The summed E-state index contributed by atoms with van der Waals surface area (Å²) >= 11 is 0. The van der Waals surface area contributed by atoms with Crippen LogP contribution in [0.3, 0.4) is 0 Å². The van der Waals surface area contributed by atoms with E-state index in [1.807, 2.05) is 20.8 Å². The summed E-state index contributed by atoms with van der Waals surface area (Å²) in [6.07, 6.45) is 6.85. The number of amides is 1. The lowest BCUT2D eigenvalue weighted by Crippen LogP contribution is -2.45. The van der Waals surface area contributed by atoms with Gasteiger partial charge in [0.05, 0.1) is 6.33 Å². The first kappa shape index (κ1) is 21.9. The molecule has 0 aliphatic carbocycles. The molecule has 0 fully saturated rings. The number of imidazole rings is 1. The van der Waals surface area contributed by atoms with Gasteiger partial charge in [0.1, 0.15) is 6.54 Å². The summed E-state index contributed by atoms with van der Waals surface area (Å²) in [5.74, 6) is -0.311. The molecular weight excluding hydrogens is 358 g/mol. The number of nitrogens with one attached hydrogen (secondary N) is 1. The molecule has 0 aromatic carbocycles. The fourth-order valence-electron chi connectivity index (χ4n) is 3.30. The van der Waals surface area contributed by atoms with Gasteiger partial charge in [-0.25, -0.2) is 14.3 Å². The van der Waals surface area contributed by atoms with Crippen LogP contribution in [-0.4, -0.2) is 30.6 Å². The molecule has 156 valence electrons. The molecule has 0 aliphatic heterocycles. The van der Waals surface area contributed by atoms with E-state index >= 15 is 0 Å². The van der Waals surface area contributed by atoms with E-state index in [0.29, 0.717) is 24.3 Å². The van der Waals surface area contributed by atoms with Crippen LogP contribution in [0.5, 0.6) is 0 Å².